The monoisotopic (exact) mass is 277 g/mol. The van der Waals surface area contributed by atoms with Crippen LogP contribution in [0, 0.1) is 0 Å². The molecule has 0 spiro atoms. The van der Waals surface area contributed by atoms with Gasteiger partial charge in [-0.15, -0.1) is 0 Å². The van der Waals surface area contributed by atoms with Crippen LogP contribution in [0.25, 0.3) is 0 Å². The number of hydrogen-bond donors (Lipinski definition) is 1. The van der Waals surface area contributed by atoms with Gasteiger partial charge in [-0.05, 0) is 32.6 Å². The highest BCUT2D eigenvalue weighted by atomic mass is 32.2. The summed E-state index contributed by atoms with van der Waals surface area (Å²) in [5.74, 6) is 0. The molecule has 1 aliphatic rings. The molecule has 0 aromatic heterocycles. The van der Waals surface area contributed by atoms with Crippen molar-refractivity contribution < 1.29 is 8.42 Å². The van der Waals surface area contributed by atoms with Crippen molar-refractivity contribution in [3.05, 3.63) is 0 Å². The molecule has 0 saturated carbocycles. The molecule has 1 fully saturated rings. The van der Waals surface area contributed by atoms with Crippen molar-refractivity contribution in [2.45, 2.75) is 52.0 Å². The van der Waals surface area contributed by atoms with Gasteiger partial charge in [0.2, 0.25) is 0 Å². The number of nitrogens with zero attached hydrogens (tertiary/aromatic N) is 2. The molecule has 5 nitrogen and oxygen atoms in total. The fraction of sp³-hybridized carbons (Fsp3) is 1.00. The van der Waals surface area contributed by atoms with E-state index < -0.39 is 15.7 Å². The average molecular weight is 277 g/mol. The van der Waals surface area contributed by atoms with Gasteiger partial charge in [-0.1, -0.05) is 13.8 Å². The van der Waals surface area contributed by atoms with E-state index in [4.69, 9.17) is 5.73 Å². The van der Waals surface area contributed by atoms with Crippen LogP contribution in [0.4, 0.5) is 0 Å². The first-order valence-corrected chi connectivity index (χ1v) is 8.30. The first kappa shape index (κ1) is 15.9. The van der Waals surface area contributed by atoms with E-state index >= 15 is 0 Å². The van der Waals surface area contributed by atoms with E-state index in [-0.39, 0.29) is 0 Å². The Bertz CT molecular complexity index is 346. The zero-order chi connectivity index (χ0) is 13.8. The highest BCUT2D eigenvalue weighted by Gasteiger charge is 2.40. The second-order valence-electron chi connectivity index (χ2n) is 5.24. The molecular formula is C12H27N3O2S. The molecule has 0 amide bonds. The van der Waals surface area contributed by atoms with E-state index in [1.165, 1.54) is 0 Å². The number of rotatable bonds is 7. The minimum Gasteiger partial charge on any atom is -0.329 e. The summed E-state index contributed by atoms with van der Waals surface area (Å²) in [5, 5.41) is 0. The fourth-order valence-electron chi connectivity index (χ4n) is 2.35. The third-order valence-electron chi connectivity index (χ3n) is 3.90. The Balaban J connectivity index is 3.03. The lowest BCUT2D eigenvalue weighted by Crippen LogP contribution is -2.57. The first-order chi connectivity index (χ1) is 8.42. The van der Waals surface area contributed by atoms with Crippen molar-refractivity contribution >= 4 is 10.2 Å². The van der Waals surface area contributed by atoms with E-state index in [2.05, 4.69) is 0 Å². The normalized spacial score (nSPS) is 21.4. The molecular weight excluding hydrogens is 250 g/mol. The summed E-state index contributed by atoms with van der Waals surface area (Å²) in [4.78, 5) is 0. The Morgan fingerprint density at radius 2 is 1.83 bits per heavy atom. The van der Waals surface area contributed by atoms with Gasteiger partial charge in [0.25, 0.3) is 10.2 Å². The second-order valence-corrected chi connectivity index (χ2v) is 7.09. The van der Waals surface area contributed by atoms with Crippen LogP contribution in [0.2, 0.25) is 0 Å². The van der Waals surface area contributed by atoms with Crippen LogP contribution in [0.1, 0.15) is 46.5 Å². The molecule has 1 aliphatic heterocycles. The quantitative estimate of drug-likeness (QED) is 0.759. The molecule has 1 rings (SSSR count). The largest absolute Gasteiger partial charge is 0.329 e. The van der Waals surface area contributed by atoms with E-state index in [0.717, 1.165) is 25.7 Å². The van der Waals surface area contributed by atoms with Gasteiger partial charge in [0.1, 0.15) is 0 Å². The minimum atomic E-state index is -3.36. The predicted molar refractivity (Wildman–Crippen MR) is 74.5 cm³/mol. The summed E-state index contributed by atoms with van der Waals surface area (Å²) < 4.78 is 28.6. The first-order valence-electron chi connectivity index (χ1n) is 6.90. The van der Waals surface area contributed by atoms with Crippen molar-refractivity contribution in [2.24, 2.45) is 5.73 Å². The van der Waals surface area contributed by atoms with Gasteiger partial charge in [-0.25, -0.2) is 0 Å². The van der Waals surface area contributed by atoms with Gasteiger partial charge in [0.05, 0.1) is 0 Å². The average Bonchev–Trinajstić information content (AvgIpc) is 2.89. The van der Waals surface area contributed by atoms with Crippen molar-refractivity contribution in [3.63, 3.8) is 0 Å². The van der Waals surface area contributed by atoms with Crippen LogP contribution in [-0.2, 0) is 10.2 Å². The van der Waals surface area contributed by atoms with Gasteiger partial charge in [0, 0.05) is 31.7 Å². The Morgan fingerprint density at radius 3 is 2.22 bits per heavy atom. The molecule has 0 bridgehead atoms. The summed E-state index contributed by atoms with van der Waals surface area (Å²) in [7, 11) is -3.36. The number of hydrogen-bond acceptors (Lipinski definition) is 3. The van der Waals surface area contributed by atoms with Crippen molar-refractivity contribution in [3.8, 4) is 0 Å². The zero-order valence-corrected chi connectivity index (χ0v) is 12.7. The van der Waals surface area contributed by atoms with Crippen LogP contribution < -0.4 is 5.73 Å². The Hall–Kier alpha value is -0.170. The maximum absolute atomic E-state index is 12.7. The van der Waals surface area contributed by atoms with Gasteiger partial charge >= 0.3 is 0 Å². The summed E-state index contributed by atoms with van der Waals surface area (Å²) >= 11 is 0. The topological polar surface area (TPSA) is 66.6 Å². The van der Waals surface area contributed by atoms with Gasteiger partial charge in [-0.2, -0.15) is 17.0 Å². The third-order valence-corrected chi connectivity index (χ3v) is 6.10. The van der Waals surface area contributed by atoms with Crippen molar-refractivity contribution in [1.29, 1.82) is 0 Å². The molecule has 0 aromatic carbocycles. The SMILES string of the molecule is CCCN(C(C)(CC)CN)S(=O)(=O)N1CCCC1. The predicted octanol–water partition coefficient (Wildman–Crippen LogP) is 1.17. The Labute approximate surface area is 112 Å². The summed E-state index contributed by atoms with van der Waals surface area (Å²) in [6, 6.07) is 0. The molecule has 0 aromatic rings. The molecule has 0 radical (unpaired) electrons. The molecule has 108 valence electrons. The lowest BCUT2D eigenvalue weighted by Gasteiger charge is -2.40. The molecule has 0 aliphatic carbocycles. The van der Waals surface area contributed by atoms with E-state index in [1.807, 2.05) is 20.8 Å². The molecule has 2 N–H and O–H groups in total. The van der Waals surface area contributed by atoms with E-state index in [0.29, 0.717) is 26.2 Å². The molecule has 1 atom stereocenters. The lowest BCUT2D eigenvalue weighted by atomic mass is 9.99. The zero-order valence-electron chi connectivity index (χ0n) is 11.9. The van der Waals surface area contributed by atoms with Crippen molar-refractivity contribution in [2.75, 3.05) is 26.2 Å². The highest BCUT2D eigenvalue weighted by molar-refractivity contribution is 7.86. The standard InChI is InChI=1S/C12H27N3O2S/c1-4-8-15(12(3,5-2)11-13)18(16,17)14-9-6-7-10-14/h4-11,13H2,1-3H3. The van der Waals surface area contributed by atoms with Crippen LogP contribution in [0.5, 0.6) is 0 Å². The smallest absolute Gasteiger partial charge is 0.282 e. The Morgan fingerprint density at radius 1 is 1.28 bits per heavy atom. The summed E-state index contributed by atoms with van der Waals surface area (Å²) in [6.45, 7) is 8.13. The van der Waals surface area contributed by atoms with Crippen LogP contribution in [0.3, 0.4) is 0 Å². The minimum absolute atomic E-state index is 0.358. The lowest BCUT2D eigenvalue weighted by molar-refractivity contribution is 0.193. The molecule has 18 heavy (non-hydrogen) atoms. The second kappa shape index (κ2) is 6.32. The molecule has 1 heterocycles. The van der Waals surface area contributed by atoms with E-state index in [9.17, 15) is 8.42 Å². The highest BCUT2D eigenvalue weighted by Crippen LogP contribution is 2.26. The Kier molecular flexibility index (Phi) is 5.58. The molecule has 6 heteroatoms. The van der Waals surface area contributed by atoms with Gasteiger partial charge in [0.15, 0.2) is 0 Å². The molecule has 1 saturated heterocycles. The third kappa shape index (κ3) is 3.04. The van der Waals surface area contributed by atoms with Crippen LogP contribution in [0.15, 0.2) is 0 Å². The molecule has 1 unspecified atom stereocenters. The maximum Gasteiger partial charge on any atom is 0.282 e. The summed E-state index contributed by atoms with van der Waals surface area (Å²) in [6.07, 6.45) is 3.47. The van der Waals surface area contributed by atoms with Crippen LogP contribution >= 0.6 is 0 Å². The van der Waals surface area contributed by atoms with E-state index in [1.54, 1.807) is 8.61 Å². The van der Waals surface area contributed by atoms with Gasteiger partial charge < -0.3 is 5.73 Å². The summed E-state index contributed by atoms with van der Waals surface area (Å²) in [5.41, 5.74) is 5.34. The van der Waals surface area contributed by atoms with Crippen LogP contribution in [-0.4, -0.2) is 48.7 Å². The maximum atomic E-state index is 12.7. The number of nitrogens with two attached hydrogens (primary N) is 1. The van der Waals surface area contributed by atoms with Gasteiger partial charge in [-0.3, -0.25) is 0 Å². The van der Waals surface area contributed by atoms with Crippen molar-refractivity contribution in [1.82, 2.24) is 8.61 Å². The fourth-order valence-corrected chi connectivity index (χ4v) is 4.52.